The smallest absolute Gasteiger partial charge is 0.317 e. The number of hydrogen-bond donors (Lipinski definition) is 1. The number of nitrogens with zero attached hydrogens (tertiary/aromatic N) is 1. The predicted octanol–water partition coefficient (Wildman–Crippen LogP) is 4.64. The van der Waals surface area contributed by atoms with Gasteiger partial charge in [-0.2, -0.15) is 0 Å². The molecule has 0 fully saturated rings. The molecule has 0 radical (unpaired) electrons. The molecule has 1 aliphatic heterocycles. The van der Waals surface area contributed by atoms with E-state index in [0.29, 0.717) is 11.6 Å². The van der Waals surface area contributed by atoms with Crippen LogP contribution in [0.1, 0.15) is 39.4 Å². The number of ether oxygens (including phenoxy) is 1. The van der Waals surface area contributed by atoms with E-state index in [9.17, 15) is 0 Å². The van der Waals surface area contributed by atoms with Gasteiger partial charge in [0.2, 0.25) is 0 Å². The van der Waals surface area contributed by atoms with Crippen LogP contribution in [-0.2, 0) is 0 Å². The maximum Gasteiger partial charge on any atom is 0.317 e. The number of anilines is 3. The van der Waals surface area contributed by atoms with Crippen molar-refractivity contribution in [3.8, 4) is 11.7 Å². The summed E-state index contributed by atoms with van der Waals surface area (Å²) >= 11 is 0. The summed E-state index contributed by atoms with van der Waals surface area (Å²) in [5.41, 5.74) is 8.85. The van der Waals surface area contributed by atoms with E-state index < -0.39 is 0 Å². The van der Waals surface area contributed by atoms with Crippen LogP contribution in [0.2, 0.25) is 0 Å². The molecule has 1 aromatic heterocycles. The minimum Gasteiger partial charge on any atom is -0.426 e. The molecule has 4 nitrogen and oxygen atoms in total. The minimum absolute atomic E-state index is 0.223. The molecule has 2 N–H and O–H groups in total. The number of hydrogen-bond acceptors (Lipinski definition) is 4. The minimum atomic E-state index is 0.223. The molecular formula is C16H20N2O2. The monoisotopic (exact) mass is 272 g/mol. The van der Waals surface area contributed by atoms with Crippen molar-refractivity contribution in [1.82, 2.24) is 0 Å². The average Bonchev–Trinajstić information content (AvgIpc) is 2.73. The van der Waals surface area contributed by atoms with Crippen molar-refractivity contribution in [2.75, 3.05) is 10.6 Å². The third-order valence-electron chi connectivity index (χ3n) is 3.53. The van der Waals surface area contributed by atoms with Gasteiger partial charge >= 0.3 is 5.95 Å². The normalized spacial score (nSPS) is 13.4. The average molecular weight is 272 g/mol. The van der Waals surface area contributed by atoms with Crippen LogP contribution in [0.3, 0.4) is 0 Å². The van der Waals surface area contributed by atoms with Crippen LogP contribution in [0.4, 0.5) is 17.1 Å². The summed E-state index contributed by atoms with van der Waals surface area (Å²) in [4.78, 5) is 2.18. The second-order valence-electron chi connectivity index (χ2n) is 5.70. The molecule has 0 saturated heterocycles. The fourth-order valence-corrected chi connectivity index (χ4v) is 2.66. The summed E-state index contributed by atoms with van der Waals surface area (Å²) in [6.07, 6.45) is 0. The summed E-state index contributed by atoms with van der Waals surface area (Å²) in [5, 5.41) is 0. The van der Waals surface area contributed by atoms with Crippen LogP contribution < -0.4 is 15.4 Å². The van der Waals surface area contributed by atoms with Gasteiger partial charge in [-0.15, -0.1) is 0 Å². The molecule has 20 heavy (non-hydrogen) atoms. The third kappa shape index (κ3) is 1.75. The largest absolute Gasteiger partial charge is 0.426 e. The van der Waals surface area contributed by atoms with E-state index in [0.717, 1.165) is 22.9 Å². The van der Waals surface area contributed by atoms with Gasteiger partial charge in [0.15, 0.2) is 11.4 Å². The molecule has 0 atom stereocenters. The van der Waals surface area contributed by atoms with Crippen LogP contribution in [-0.4, -0.2) is 6.04 Å². The zero-order valence-electron chi connectivity index (χ0n) is 12.3. The molecule has 0 aliphatic carbocycles. The van der Waals surface area contributed by atoms with E-state index in [1.807, 2.05) is 24.3 Å². The molecule has 3 rings (SSSR count). The van der Waals surface area contributed by atoms with Gasteiger partial charge in [0.05, 0.1) is 5.69 Å². The lowest BCUT2D eigenvalue weighted by Crippen LogP contribution is -2.28. The Morgan fingerprint density at radius 1 is 1.10 bits per heavy atom. The molecule has 0 amide bonds. The van der Waals surface area contributed by atoms with Crippen molar-refractivity contribution < 1.29 is 9.15 Å². The quantitative estimate of drug-likeness (QED) is 0.865. The Balaban J connectivity index is 2.22. The van der Waals surface area contributed by atoms with E-state index >= 15 is 0 Å². The van der Waals surface area contributed by atoms with E-state index in [4.69, 9.17) is 14.9 Å². The molecule has 4 heteroatoms. The maximum atomic E-state index is 6.29. The predicted molar refractivity (Wildman–Crippen MR) is 81.0 cm³/mol. The second-order valence-corrected chi connectivity index (χ2v) is 5.70. The maximum absolute atomic E-state index is 6.29. The topological polar surface area (TPSA) is 51.6 Å². The van der Waals surface area contributed by atoms with Crippen molar-refractivity contribution in [3.05, 3.63) is 30.0 Å². The van der Waals surface area contributed by atoms with Crippen molar-refractivity contribution in [3.63, 3.8) is 0 Å². The van der Waals surface area contributed by atoms with Gasteiger partial charge in [0.1, 0.15) is 11.4 Å². The molecule has 1 aliphatic rings. The van der Waals surface area contributed by atoms with Gasteiger partial charge < -0.3 is 19.8 Å². The first-order valence-corrected chi connectivity index (χ1v) is 6.99. The Morgan fingerprint density at radius 3 is 2.45 bits per heavy atom. The lowest BCUT2D eigenvalue weighted by atomic mass is 10.1. The number of nitrogen functional groups attached to an aromatic ring is 1. The summed E-state index contributed by atoms with van der Waals surface area (Å²) in [7, 11) is 0. The number of furan rings is 1. The highest BCUT2D eigenvalue weighted by molar-refractivity contribution is 5.86. The second kappa shape index (κ2) is 4.47. The first kappa shape index (κ1) is 12.9. The van der Waals surface area contributed by atoms with E-state index in [-0.39, 0.29) is 12.0 Å². The molecule has 0 unspecified atom stereocenters. The lowest BCUT2D eigenvalue weighted by Gasteiger charge is -2.33. The summed E-state index contributed by atoms with van der Waals surface area (Å²) < 4.78 is 11.7. The molecule has 0 spiro atoms. The summed E-state index contributed by atoms with van der Waals surface area (Å²) in [5.74, 6) is 2.31. The molecule has 2 heterocycles. The first-order chi connectivity index (χ1) is 9.50. The Hall–Kier alpha value is -2.10. The van der Waals surface area contributed by atoms with Crippen molar-refractivity contribution in [2.45, 2.75) is 39.7 Å². The van der Waals surface area contributed by atoms with Gasteiger partial charge in [0.25, 0.3) is 0 Å². The van der Waals surface area contributed by atoms with Gasteiger partial charge in [-0.05, 0) is 26.0 Å². The fraction of sp³-hybridized carbons (Fsp3) is 0.375. The number of para-hydroxylation sites is 2. The van der Waals surface area contributed by atoms with Crippen LogP contribution in [0.25, 0.3) is 0 Å². The Bertz CT molecular complexity index is 644. The molecule has 0 bridgehead atoms. The Labute approximate surface area is 119 Å². The van der Waals surface area contributed by atoms with E-state index in [1.165, 1.54) is 0 Å². The van der Waals surface area contributed by atoms with Crippen molar-refractivity contribution in [2.24, 2.45) is 0 Å². The standard InChI is InChI=1S/C16H20N2O2/c1-9(2)15-13(17)14-16(20-15)19-12-8-6-5-7-11(12)18(14)10(3)4/h5-10H,17H2,1-4H3. The molecule has 106 valence electrons. The van der Waals surface area contributed by atoms with Gasteiger partial charge in [-0.3, -0.25) is 0 Å². The van der Waals surface area contributed by atoms with Gasteiger partial charge in [0, 0.05) is 12.0 Å². The summed E-state index contributed by atoms with van der Waals surface area (Å²) in [6.45, 7) is 8.39. The van der Waals surface area contributed by atoms with E-state index in [1.54, 1.807) is 0 Å². The molecule has 2 aromatic rings. The Kier molecular flexibility index (Phi) is 2.89. The van der Waals surface area contributed by atoms with Crippen LogP contribution >= 0.6 is 0 Å². The summed E-state index contributed by atoms with van der Waals surface area (Å²) in [6, 6.07) is 8.21. The Morgan fingerprint density at radius 2 is 1.80 bits per heavy atom. The molecule has 0 saturated carbocycles. The first-order valence-electron chi connectivity index (χ1n) is 6.99. The fourth-order valence-electron chi connectivity index (χ4n) is 2.66. The highest BCUT2D eigenvalue weighted by Gasteiger charge is 2.33. The van der Waals surface area contributed by atoms with Crippen LogP contribution in [0.15, 0.2) is 28.7 Å². The SMILES string of the molecule is CC(C)c1oc2c(c1N)N(C(C)C)c1ccccc1O2. The molecular weight excluding hydrogens is 252 g/mol. The zero-order valence-corrected chi connectivity index (χ0v) is 12.3. The van der Waals surface area contributed by atoms with Gasteiger partial charge in [-0.25, -0.2) is 0 Å². The zero-order chi connectivity index (χ0) is 14.4. The lowest BCUT2D eigenvalue weighted by molar-refractivity contribution is 0.323. The van der Waals surface area contributed by atoms with Crippen LogP contribution in [0, 0.1) is 0 Å². The van der Waals surface area contributed by atoms with Gasteiger partial charge in [-0.1, -0.05) is 26.0 Å². The number of fused-ring (bicyclic) bond motifs is 2. The number of nitrogens with two attached hydrogens (primary N) is 1. The number of benzene rings is 1. The van der Waals surface area contributed by atoms with E-state index in [2.05, 4.69) is 32.6 Å². The molecule has 1 aromatic carbocycles. The van der Waals surface area contributed by atoms with Crippen LogP contribution in [0.5, 0.6) is 11.7 Å². The van der Waals surface area contributed by atoms with Crippen molar-refractivity contribution >= 4 is 17.1 Å². The number of rotatable bonds is 2. The van der Waals surface area contributed by atoms with Crippen molar-refractivity contribution in [1.29, 1.82) is 0 Å². The highest BCUT2D eigenvalue weighted by atomic mass is 16.6. The highest BCUT2D eigenvalue weighted by Crippen LogP contribution is 2.53. The third-order valence-corrected chi connectivity index (χ3v) is 3.53.